The fourth-order valence-corrected chi connectivity index (χ4v) is 0.177. The van der Waals surface area contributed by atoms with Gasteiger partial charge in [-0.3, -0.25) is 14.4 Å². The summed E-state index contributed by atoms with van der Waals surface area (Å²) >= 11 is 0. The Hall–Kier alpha value is -0.740. The molecule has 0 heterocycles. The maximum Gasteiger partial charge on any atom is 0.222 e. The fourth-order valence-electron chi connectivity index (χ4n) is 0.177. The first-order valence-corrected chi connectivity index (χ1v) is 2.07. The van der Waals surface area contributed by atoms with Crippen molar-refractivity contribution in [2.24, 2.45) is 0 Å². The highest BCUT2D eigenvalue weighted by Crippen LogP contribution is 1.64. The lowest BCUT2D eigenvalue weighted by atomic mass is 10.5. The predicted molar refractivity (Wildman–Crippen MR) is 26.1 cm³/mol. The molecule has 0 aliphatic carbocycles. The maximum atomic E-state index is 10.0. The van der Waals surface area contributed by atoms with Gasteiger partial charge in [0.05, 0.1) is 0 Å². The Morgan fingerprint density at radius 3 is 2.88 bits per heavy atom. The van der Waals surface area contributed by atoms with Crippen LogP contribution in [0.5, 0.6) is 0 Å². The van der Waals surface area contributed by atoms with Gasteiger partial charge in [0.15, 0.2) is 6.29 Å². The number of carbonyl (C=O) groups excluding carboxylic acids is 2. The minimum atomic E-state index is -0.570. The van der Waals surface area contributed by atoms with Gasteiger partial charge < -0.3 is 0 Å². The van der Waals surface area contributed by atoms with Crippen LogP contribution in [0.15, 0.2) is 0 Å². The molecular formula is C4H7NO3. The lowest BCUT2D eigenvalue weighted by Gasteiger charge is -1.92. The zero-order valence-electron chi connectivity index (χ0n) is 4.51. The van der Waals surface area contributed by atoms with Gasteiger partial charge in [-0.2, -0.15) is 0 Å². The van der Waals surface area contributed by atoms with Crippen LogP contribution in [0.1, 0.15) is 0 Å². The third-order valence-corrected chi connectivity index (χ3v) is 0.490. The Kier molecular flexibility index (Phi) is 4.01. The van der Waals surface area contributed by atoms with E-state index in [0.717, 1.165) is 0 Å². The van der Waals surface area contributed by atoms with Crippen LogP contribution in [0, 0.1) is 0 Å². The van der Waals surface area contributed by atoms with Crippen molar-refractivity contribution in [2.75, 3.05) is 13.7 Å². The highest BCUT2D eigenvalue weighted by molar-refractivity contribution is 6.25. The first-order chi connectivity index (χ1) is 3.81. The third-order valence-electron chi connectivity index (χ3n) is 0.490. The SMILES string of the molecule is CNOCC(=O)C=O. The van der Waals surface area contributed by atoms with Gasteiger partial charge in [0.2, 0.25) is 5.78 Å². The largest absolute Gasteiger partial charge is 0.295 e. The number of hydrogen-bond acceptors (Lipinski definition) is 4. The second kappa shape index (κ2) is 4.42. The molecule has 0 aromatic heterocycles. The number of rotatable bonds is 4. The lowest BCUT2D eigenvalue weighted by Crippen LogP contribution is -2.16. The molecule has 0 atom stereocenters. The zero-order chi connectivity index (χ0) is 6.41. The first-order valence-electron chi connectivity index (χ1n) is 2.07. The van der Waals surface area contributed by atoms with Crippen molar-refractivity contribution in [3.8, 4) is 0 Å². The Morgan fingerprint density at radius 2 is 2.50 bits per heavy atom. The van der Waals surface area contributed by atoms with Crippen molar-refractivity contribution in [1.82, 2.24) is 5.48 Å². The van der Waals surface area contributed by atoms with Crippen LogP contribution in [-0.2, 0) is 14.4 Å². The van der Waals surface area contributed by atoms with Gasteiger partial charge in [-0.1, -0.05) is 0 Å². The van der Waals surface area contributed by atoms with Gasteiger partial charge in [-0.05, 0) is 0 Å². The second-order valence-electron chi connectivity index (χ2n) is 1.08. The molecule has 0 unspecified atom stereocenters. The van der Waals surface area contributed by atoms with E-state index in [1.807, 2.05) is 0 Å². The van der Waals surface area contributed by atoms with Crippen LogP contribution in [0.4, 0.5) is 0 Å². The van der Waals surface area contributed by atoms with Gasteiger partial charge in [-0.25, -0.2) is 5.48 Å². The maximum absolute atomic E-state index is 10.0. The van der Waals surface area contributed by atoms with Crippen molar-refractivity contribution in [3.63, 3.8) is 0 Å². The molecule has 0 spiro atoms. The fraction of sp³-hybridized carbons (Fsp3) is 0.500. The smallest absolute Gasteiger partial charge is 0.222 e. The standard InChI is InChI=1S/C4H7NO3/c1-5-8-3-4(7)2-6/h2,5H,3H2,1H3. The summed E-state index contributed by atoms with van der Waals surface area (Å²) in [6.07, 6.45) is 0.220. The van der Waals surface area contributed by atoms with E-state index in [1.54, 1.807) is 0 Å². The number of aldehydes is 1. The summed E-state index contributed by atoms with van der Waals surface area (Å²) < 4.78 is 0. The van der Waals surface area contributed by atoms with E-state index in [0.29, 0.717) is 0 Å². The summed E-state index contributed by atoms with van der Waals surface area (Å²) in [4.78, 5) is 23.9. The second-order valence-corrected chi connectivity index (χ2v) is 1.08. The topological polar surface area (TPSA) is 55.4 Å². The molecule has 0 bridgehead atoms. The van der Waals surface area contributed by atoms with Crippen molar-refractivity contribution in [3.05, 3.63) is 0 Å². The van der Waals surface area contributed by atoms with Gasteiger partial charge in [0.25, 0.3) is 0 Å². The van der Waals surface area contributed by atoms with Crippen LogP contribution < -0.4 is 5.48 Å². The van der Waals surface area contributed by atoms with Crippen LogP contribution in [0.25, 0.3) is 0 Å². The molecule has 4 heteroatoms. The molecule has 0 saturated heterocycles. The van der Waals surface area contributed by atoms with Crippen molar-refractivity contribution < 1.29 is 14.4 Å². The summed E-state index contributed by atoms with van der Waals surface area (Å²) in [5.74, 6) is -0.570. The van der Waals surface area contributed by atoms with E-state index in [1.165, 1.54) is 7.05 Å². The quantitative estimate of drug-likeness (QED) is 0.288. The number of hydroxylamine groups is 1. The Balaban J connectivity index is 3.11. The molecule has 0 aromatic carbocycles. The van der Waals surface area contributed by atoms with Gasteiger partial charge >= 0.3 is 0 Å². The summed E-state index contributed by atoms with van der Waals surface area (Å²) in [6, 6.07) is 0. The van der Waals surface area contributed by atoms with Crippen LogP contribution in [0.2, 0.25) is 0 Å². The molecule has 0 aliphatic rings. The average Bonchev–Trinajstić information content (AvgIpc) is 1.83. The van der Waals surface area contributed by atoms with Crippen LogP contribution in [0.3, 0.4) is 0 Å². The summed E-state index contributed by atoms with van der Waals surface area (Å²) in [5, 5.41) is 0. The zero-order valence-corrected chi connectivity index (χ0v) is 4.51. The Bertz CT molecular complexity index is 91.3. The molecule has 0 fully saturated rings. The van der Waals surface area contributed by atoms with Crippen molar-refractivity contribution >= 4 is 12.1 Å². The Labute approximate surface area is 46.8 Å². The predicted octanol–water partition coefficient (Wildman–Crippen LogP) is -1.09. The molecule has 0 rings (SSSR count). The molecule has 1 N–H and O–H groups in total. The van der Waals surface area contributed by atoms with E-state index in [9.17, 15) is 9.59 Å². The number of carbonyl (C=O) groups is 2. The molecular weight excluding hydrogens is 110 g/mol. The molecule has 0 saturated carbocycles. The van der Waals surface area contributed by atoms with Gasteiger partial charge in [-0.15, -0.1) is 0 Å². The van der Waals surface area contributed by atoms with Gasteiger partial charge in [0, 0.05) is 7.05 Å². The summed E-state index contributed by atoms with van der Waals surface area (Å²) in [6.45, 7) is -0.194. The molecule has 0 amide bonds. The van der Waals surface area contributed by atoms with E-state index in [-0.39, 0.29) is 12.9 Å². The molecule has 46 valence electrons. The number of ketones is 1. The molecule has 4 nitrogen and oxygen atoms in total. The lowest BCUT2D eigenvalue weighted by molar-refractivity contribution is -0.134. The number of hydrogen-bond donors (Lipinski definition) is 1. The van der Waals surface area contributed by atoms with Crippen LogP contribution >= 0.6 is 0 Å². The summed E-state index contributed by atoms with van der Waals surface area (Å²) in [5.41, 5.74) is 2.25. The van der Waals surface area contributed by atoms with Crippen LogP contribution in [-0.4, -0.2) is 25.7 Å². The van der Waals surface area contributed by atoms with E-state index < -0.39 is 5.78 Å². The Morgan fingerprint density at radius 1 is 1.88 bits per heavy atom. The monoisotopic (exact) mass is 117 g/mol. The van der Waals surface area contributed by atoms with E-state index in [2.05, 4.69) is 10.3 Å². The highest BCUT2D eigenvalue weighted by atomic mass is 16.6. The molecule has 0 radical (unpaired) electrons. The molecule has 0 aliphatic heterocycles. The average molecular weight is 117 g/mol. The number of nitrogens with one attached hydrogen (secondary N) is 1. The minimum Gasteiger partial charge on any atom is -0.295 e. The van der Waals surface area contributed by atoms with E-state index >= 15 is 0 Å². The van der Waals surface area contributed by atoms with Gasteiger partial charge in [0.1, 0.15) is 6.61 Å². The van der Waals surface area contributed by atoms with E-state index in [4.69, 9.17) is 0 Å². The highest BCUT2D eigenvalue weighted by Gasteiger charge is 1.94. The van der Waals surface area contributed by atoms with Crippen molar-refractivity contribution in [1.29, 1.82) is 0 Å². The molecule has 0 aromatic rings. The molecule has 8 heavy (non-hydrogen) atoms. The minimum absolute atomic E-state index is 0.194. The first kappa shape index (κ1) is 7.26. The van der Waals surface area contributed by atoms with Crippen molar-refractivity contribution in [2.45, 2.75) is 0 Å². The third kappa shape index (κ3) is 3.45. The number of Topliss-reactive ketones (excluding diaryl/α,β-unsaturated/α-hetero) is 1. The summed E-state index contributed by atoms with van der Waals surface area (Å²) in [7, 11) is 1.51. The normalized spacial score (nSPS) is 8.62.